The highest BCUT2D eigenvalue weighted by Crippen LogP contribution is 2.15. The molecule has 1 rings (SSSR count). The Morgan fingerprint density at radius 2 is 1.71 bits per heavy atom. The highest BCUT2D eigenvalue weighted by Gasteiger charge is 2.29. The first kappa shape index (κ1) is 14.6. The minimum absolute atomic E-state index is 0.292. The standard InChI is InChI=1S/C9H16F3N3OS/c10-9(11,12)16-6-5-14-1-3-15(4-2-14)7-8(13)17/h1-7H2,(H2,13,17). The Labute approximate surface area is 103 Å². The molecular formula is C9H16F3N3OS. The molecular weight excluding hydrogens is 255 g/mol. The zero-order valence-electron chi connectivity index (χ0n) is 9.37. The van der Waals surface area contributed by atoms with E-state index in [2.05, 4.69) is 9.64 Å². The van der Waals surface area contributed by atoms with Gasteiger partial charge in [-0.2, -0.15) is 0 Å². The van der Waals surface area contributed by atoms with Gasteiger partial charge in [-0.15, -0.1) is 13.2 Å². The number of piperazine rings is 1. The average Bonchev–Trinajstić information content (AvgIpc) is 2.18. The van der Waals surface area contributed by atoms with Gasteiger partial charge in [0.05, 0.1) is 11.6 Å². The molecule has 1 aliphatic rings. The summed E-state index contributed by atoms with van der Waals surface area (Å²) in [6.07, 6.45) is -4.53. The summed E-state index contributed by atoms with van der Waals surface area (Å²) in [5, 5.41) is 0. The van der Waals surface area contributed by atoms with Gasteiger partial charge in [-0.3, -0.25) is 14.5 Å². The number of halogens is 3. The summed E-state index contributed by atoms with van der Waals surface area (Å²) in [6.45, 7) is 3.50. The summed E-state index contributed by atoms with van der Waals surface area (Å²) < 4.78 is 38.9. The van der Waals surface area contributed by atoms with Crippen LogP contribution >= 0.6 is 12.2 Å². The van der Waals surface area contributed by atoms with Crippen molar-refractivity contribution in [3.8, 4) is 0 Å². The lowest BCUT2D eigenvalue weighted by Crippen LogP contribution is -2.49. The first-order valence-electron chi connectivity index (χ1n) is 5.30. The first-order chi connectivity index (χ1) is 7.87. The van der Waals surface area contributed by atoms with Gasteiger partial charge in [-0.25, -0.2) is 0 Å². The van der Waals surface area contributed by atoms with Crippen LogP contribution < -0.4 is 5.73 Å². The maximum absolute atomic E-state index is 11.7. The second-order valence-electron chi connectivity index (χ2n) is 3.88. The predicted octanol–water partition coefficient (Wildman–Crippen LogP) is 0.426. The summed E-state index contributed by atoms with van der Waals surface area (Å²) in [6, 6.07) is 0. The summed E-state index contributed by atoms with van der Waals surface area (Å²) >= 11 is 4.79. The van der Waals surface area contributed by atoms with Crippen LogP contribution in [0.1, 0.15) is 0 Å². The molecule has 2 N–H and O–H groups in total. The molecule has 1 aliphatic heterocycles. The number of thiocarbonyl (C=S) groups is 1. The van der Waals surface area contributed by atoms with E-state index < -0.39 is 6.36 Å². The highest BCUT2D eigenvalue weighted by molar-refractivity contribution is 7.80. The third-order valence-corrected chi connectivity index (χ3v) is 2.65. The monoisotopic (exact) mass is 271 g/mol. The number of nitrogens with zero attached hydrogens (tertiary/aromatic N) is 2. The van der Waals surface area contributed by atoms with Crippen molar-refractivity contribution < 1.29 is 17.9 Å². The molecule has 100 valence electrons. The molecule has 0 aromatic heterocycles. The lowest BCUT2D eigenvalue weighted by atomic mass is 10.3. The summed E-state index contributed by atoms with van der Waals surface area (Å²) in [4.78, 5) is 4.46. The smallest absolute Gasteiger partial charge is 0.392 e. The summed E-state index contributed by atoms with van der Waals surface area (Å²) in [7, 11) is 0. The first-order valence-corrected chi connectivity index (χ1v) is 5.71. The molecule has 0 atom stereocenters. The third-order valence-electron chi connectivity index (χ3n) is 2.52. The molecule has 1 heterocycles. The molecule has 8 heteroatoms. The van der Waals surface area contributed by atoms with E-state index in [1.54, 1.807) is 0 Å². The van der Waals surface area contributed by atoms with Crippen molar-refractivity contribution in [2.45, 2.75) is 6.36 Å². The lowest BCUT2D eigenvalue weighted by molar-refractivity contribution is -0.325. The van der Waals surface area contributed by atoms with Gasteiger partial charge in [0.2, 0.25) is 0 Å². The zero-order valence-corrected chi connectivity index (χ0v) is 10.2. The average molecular weight is 271 g/mol. The SMILES string of the molecule is NC(=S)CN1CCN(CCOC(F)(F)F)CC1. The van der Waals surface area contributed by atoms with E-state index in [1.165, 1.54) is 0 Å². The van der Waals surface area contributed by atoms with Crippen molar-refractivity contribution in [3.63, 3.8) is 0 Å². The minimum atomic E-state index is -4.53. The third kappa shape index (κ3) is 6.77. The fourth-order valence-corrected chi connectivity index (χ4v) is 1.86. The molecule has 0 aliphatic carbocycles. The van der Waals surface area contributed by atoms with Crippen LogP contribution in [-0.4, -0.2) is 67.0 Å². The van der Waals surface area contributed by atoms with Crippen LogP contribution in [0.3, 0.4) is 0 Å². The van der Waals surface area contributed by atoms with Crippen LogP contribution in [0.5, 0.6) is 0 Å². The van der Waals surface area contributed by atoms with E-state index in [9.17, 15) is 13.2 Å². The van der Waals surface area contributed by atoms with Gasteiger partial charge in [0.1, 0.15) is 0 Å². The molecule has 0 spiro atoms. The summed E-state index contributed by atoms with van der Waals surface area (Å²) in [5.74, 6) is 0. The topological polar surface area (TPSA) is 41.7 Å². The molecule has 17 heavy (non-hydrogen) atoms. The molecule has 1 fully saturated rings. The van der Waals surface area contributed by atoms with Crippen LogP contribution in [0.2, 0.25) is 0 Å². The molecule has 0 aromatic rings. The van der Waals surface area contributed by atoms with Crippen molar-refractivity contribution in [1.29, 1.82) is 0 Å². The minimum Gasteiger partial charge on any atom is -0.392 e. The number of rotatable bonds is 5. The van der Waals surface area contributed by atoms with E-state index in [4.69, 9.17) is 18.0 Å². The van der Waals surface area contributed by atoms with E-state index in [-0.39, 0.29) is 6.61 Å². The van der Waals surface area contributed by atoms with Crippen molar-refractivity contribution >= 4 is 17.2 Å². The number of ether oxygens (including phenoxy) is 1. The second-order valence-corrected chi connectivity index (χ2v) is 4.40. The van der Waals surface area contributed by atoms with Crippen LogP contribution in [0.4, 0.5) is 13.2 Å². The molecule has 0 amide bonds. The Morgan fingerprint density at radius 3 is 2.18 bits per heavy atom. The fourth-order valence-electron chi connectivity index (χ4n) is 1.68. The van der Waals surface area contributed by atoms with Crippen LogP contribution in [0.25, 0.3) is 0 Å². The molecule has 0 aromatic carbocycles. The second kappa shape index (κ2) is 6.48. The number of hydrogen-bond acceptors (Lipinski definition) is 4. The molecule has 0 bridgehead atoms. The maximum atomic E-state index is 11.7. The van der Waals surface area contributed by atoms with E-state index in [1.807, 2.05) is 4.90 Å². The molecule has 0 saturated carbocycles. The Balaban J connectivity index is 2.13. The van der Waals surface area contributed by atoms with Crippen LogP contribution in [0, 0.1) is 0 Å². The van der Waals surface area contributed by atoms with Gasteiger partial charge in [0.25, 0.3) is 0 Å². The Hall–Kier alpha value is -0.440. The van der Waals surface area contributed by atoms with Gasteiger partial charge in [-0.05, 0) is 0 Å². The van der Waals surface area contributed by atoms with E-state index >= 15 is 0 Å². The molecule has 0 unspecified atom stereocenters. The van der Waals surface area contributed by atoms with Crippen molar-refractivity contribution in [1.82, 2.24) is 9.80 Å². The van der Waals surface area contributed by atoms with E-state index in [0.717, 1.165) is 13.1 Å². The van der Waals surface area contributed by atoms with Gasteiger partial charge in [0, 0.05) is 39.3 Å². The van der Waals surface area contributed by atoms with Gasteiger partial charge in [0.15, 0.2) is 0 Å². The molecule has 0 radical (unpaired) electrons. The Kier molecular flexibility index (Phi) is 5.57. The van der Waals surface area contributed by atoms with Crippen molar-refractivity contribution in [2.24, 2.45) is 5.73 Å². The summed E-state index contributed by atoms with van der Waals surface area (Å²) in [5.41, 5.74) is 5.42. The van der Waals surface area contributed by atoms with Gasteiger partial charge < -0.3 is 5.73 Å². The van der Waals surface area contributed by atoms with Crippen LogP contribution in [-0.2, 0) is 4.74 Å². The number of hydrogen-bond donors (Lipinski definition) is 1. The van der Waals surface area contributed by atoms with Crippen molar-refractivity contribution in [3.05, 3.63) is 0 Å². The van der Waals surface area contributed by atoms with Crippen LogP contribution in [0.15, 0.2) is 0 Å². The fraction of sp³-hybridized carbons (Fsp3) is 0.889. The Morgan fingerprint density at radius 1 is 1.18 bits per heavy atom. The lowest BCUT2D eigenvalue weighted by Gasteiger charge is -2.34. The largest absolute Gasteiger partial charge is 0.522 e. The Bertz CT molecular complexity index is 254. The normalized spacial score (nSPS) is 19.5. The number of nitrogens with two attached hydrogens (primary N) is 1. The van der Waals surface area contributed by atoms with Gasteiger partial charge in [-0.1, -0.05) is 12.2 Å². The highest BCUT2D eigenvalue weighted by atomic mass is 32.1. The number of alkyl halides is 3. The maximum Gasteiger partial charge on any atom is 0.522 e. The zero-order chi connectivity index (χ0) is 12.9. The van der Waals surface area contributed by atoms with Crippen molar-refractivity contribution in [2.75, 3.05) is 45.9 Å². The molecule has 4 nitrogen and oxygen atoms in total. The quantitative estimate of drug-likeness (QED) is 0.734. The molecule has 1 saturated heterocycles. The predicted molar refractivity (Wildman–Crippen MR) is 61.7 cm³/mol. The van der Waals surface area contributed by atoms with E-state index in [0.29, 0.717) is 31.2 Å². The van der Waals surface area contributed by atoms with Gasteiger partial charge >= 0.3 is 6.36 Å².